The van der Waals surface area contributed by atoms with Gasteiger partial charge in [-0.1, -0.05) is 11.3 Å². The number of alkyl halides is 3. The number of rotatable bonds is 5. The molecule has 1 fully saturated rings. The van der Waals surface area contributed by atoms with E-state index in [4.69, 9.17) is 0 Å². The Hall–Kier alpha value is -3.38. The molecule has 2 aromatic carbocycles. The van der Waals surface area contributed by atoms with Crippen LogP contribution >= 0.6 is 11.3 Å². The summed E-state index contributed by atoms with van der Waals surface area (Å²) in [7, 11) is 0. The van der Waals surface area contributed by atoms with Gasteiger partial charge in [-0.15, -0.1) is 13.2 Å². The standard InChI is InChI=1S/C22H20F3N5O3S/c23-22(24,25)33-14-6-8-16-18(10-14)34-21(29-16)30-20-27-15-7-1-11(9-17(15)28-20)19(32)26-12-2-4-13(31)5-3-12/h1,6-10,12-13,31H,2-5H2,(H,26,32)(H2,27,28,29,30). The van der Waals surface area contributed by atoms with Crippen molar-refractivity contribution in [3.63, 3.8) is 0 Å². The van der Waals surface area contributed by atoms with Gasteiger partial charge in [0.25, 0.3) is 5.91 Å². The second-order valence-corrected chi connectivity index (χ2v) is 9.15. The van der Waals surface area contributed by atoms with Crippen molar-refractivity contribution in [1.82, 2.24) is 20.3 Å². The van der Waals surface area contributed by atoms with Crippen LogP contribution in [0.1, 0.15) is 36.0 Å². The van der Waals surface area contributed by atoms with Gasteiger partial charge < -0.3 is 25.5 Å². The van der Waals surface area contributed by atoms with Gasteiger partial charge in [-0.05, 0) is 56.0 Å². The number of ether oxygens (including phenoxy) is 1. The molecule has 0 saturated heterocycles. The Morgan fingerprint density at radius 3 is 2.62 bits per heavy atom. The molecular formula is C22H20F3N5O3S. The number of nitrogens with one attached hydrogen (secondary N) is 3. The molecule has 178 valence electrons. The van der Waals surface area contributed by atoms with Crippen LogP contribution in [-0.4, -0.2) is 44.5 Å². The summed E-state index contributed by atoms with van der Waals surface area (Å²) in [6, 6.07) is 9.13. The highest BCUT2D eigenvalue weighted by atomic mass is 32.1. The second-order valence-electron chi connectivity index (χ2n) is 8.12. The number of aliphatic hydroxyl groups is 1. The fourth-order valence-electron chi connectivity index (χ4n) is 3.96. The van der Waals surface area contributed by atoms with E-state index in [0.717, 1.165) is 24.2 Å². The number of thiazole rings is 1. The largest absolute Gasteiger partial charge is 0.573 e. The van der Waals surface area contributed by atoms with Crippen molar-refractivity contribution in [2.45, 2.75) is 44.2 Å². The summed E-state index contributed by atoms with van der Waals surface area (Å²) in [5.74, 6) is -0.107. The Labute approximate surface area is 195 Å². The molecule has 0 unspecified atom stereocenters. The van der Waals surface area contributed by atoms with Crippen molar-refractivity contribution in [2.24, 2.45) is 0 Å². The Morgan fingerprint density at radius 1 is 1.09 bits per heavy atom. The summed E-state index contributed by atoms with van der Waals surface area (Å²) < 4.78 is 41.8. The molecule has 4 N–H and O–H groups in total. The topological polar surface area (TPSA) is 112 Å². The molecule has 2 aromatic heterocycles. The molecule has 0 atom stereocenters. The molecule has 1 aliphatic carbocycles. The van der Waals surface area contributed by atoms with Crippen molar-refractivity contribution in [1.29, 1.82) is 0 Å². The van der Waals surface area contributed by atoms with E-state index in [-0.39, 0.29) is 23.8 Å². The van der Waals surface area contributed by atoms with Crippen LogP contribution in [0.15, 0.2) is 36.4 Å². The molecule has 1 saturated carbocycles. The Kier molecular flexibility index (Phi) is 5.78. The van der Waals surface area contributed by atoms with Crippen molar-refractivity contribution >= 4 is 49.6 Å². The zero-order valence-corrected chi connectivity index (χ0v) is 18.5. The first-order valence-corrected chi connectivity index (χ1v) is 11.5. The third kappa shape index (κ3) is 5.07. The number of aromatic nitrogens is 3. The monoisotopic (exact) mass is 491 g/mol. The van der Waals surface area contributed by atoms with E-state index >= 15 is 0 Å². The Morgan fingerprint density at radius 2 is 1.85 bits per heavy atom. The van der Waals surface area contributed by atoms with Gasteiger partial charge in [0.15, 0.2) is 5.13 Å². The third-order valence-corrected chi connectivity index (χ3v) is 6.53. The van der Waals surface area contributed by atoms with Crippen molar-refractivity contribution < 1.29 is 27.8 Å². The number of carbonyl (C=O) groups excluding carboxylic acids is 1. The Balaban J connectivity index is 1.30. The summed E-state index contributed by atoms with van der Waals surface area (Å²) in [6.07, 6.45) is -2.18. The molecule has 2 heterocycles. The number of aromatic amines is 1. The lowest BCUT2D eigenvalue weighted by Crippen LogP contribution is -2.38. The molecule has 0 radical (unpaired) electrons. The van der Waals surface area contributed by atoms with Crippen LogP contribution in [0, 0.1) is 0 Å². The number of aliphatic hydroxyl groups excluding tert-OH is 1. The lowest BCUT2D eigenvalue weighted by Gasteiger charge is -2.26. The minimum atomic E-state index is -4.76. The lowest BCUT2D eigenvalue weighted by atomic mass is 9.93. The quantitative estimate of drug-likeness (QED) is 0.318. The van der Waals surface area contributed by atoms with E-state index in [0.29, 0.717) is 50.7 Å². The molecule has 34 heavy (non-hydrogen) atoms. The number of hydrogen-bond donors (Lipinski definition) is 4. The first-order valence-electron chi connectivity index (χ1n) is 10.6. The number of benzene rings is 2. The van der Waals surface area contributed by atoms with Gasteiger partial charge >= 0.3 is 6.36 Å². The SMILES string of the molecule is O=C(NC1CCC(O)CC1)c1ccc2nc(Nc3nc4ccc(OC(F)(F)F)cc4s3)[nH]c2c1. The minimum Gasteiger partial charge on any atom is -0.406 e. The number of nitrogens with zero attached hydrogens (tertiary/aromatic N) is 2. The zero-order valence-electron chi connectivity index (χ0n) is 17.6. The highest BCUT2D eigenvalue weighted by Gasteiger charge is 2.31. The average Bonchev–Trinajstić information content (AvgIpc) is 3.36. The fraction of sp³-hybridized carbons (Fsp3) is 0.318. The summed E-state index contributed by atoms with van der Waals surface area (Å²) in [5.41, 5.74) is 2.30. The van der Waals surface area contributed by atoms with E-state index in [2.05, 4.69) is 30.3 Å². The van der Waals surface area contributed by atoms with Crippen LogP contribution < -0.4 is 15.4 Å². The first-order chi connectivity index (χ1) is 16.2. The highest BCUT2D eigenvalue weighted by Crippen LogP contribution is 2.33. The summed E-state index contributed by atoms with van der Waals surface area (Å²) in [4.78, 5) is 24.5. The maximum atomic E-state index is 12.6. The molecule has 0 aliphatic heterocycles. The van der Waals surface area contributed by atoms with E-state index in [1.807, 2.05) is 0 Å². The number of fused-ring (bicyclic) bond motifs is 2. The molecule has 1 aliphatic rings. The van der Waals surface area contributed by atoms with Gasteiger partial charge in [0.2, 0.25) is 5.95 Å². The number of hydrogen-bond acceptors (Lipinski definition) is 7. The zero-order chi connectivity index (χ0) is 23.9. The van der Waals surface area contributed by atoms with Crippen molar-refractivity contribution in [2.75, 3.05) is 5.32 Å². The van der Waals surface area contributed by atoms with E-state index in [1.165, 1.54) is 18.2 Å². The number of imidazole rings is 1. The lowest BCUT2D eigenvalue weighted by molar-refractivity contribution is -0.274. The smallest absolute Gasteiger partial charge is 0.406 e. The van der Waals surface area contributed by atoms with Crippen LogP contribution in [0.2, 0.25) is 0 Å². The van der Waals surface area contributed by atoms with Crippen LogP contribution in [-0.2, 0) is 0 Å². The van der Waals surface area contributed by atoms with Crippen molar-refractivity contribution in [3.8, 4) is 5.75 Å². The number of anilines is 2. The van der Waals surface area contributed by atoms with E-state index in [9.17, 15) is 23.1 Å². The van der Waals surface area contributed by atoms with Crippen LogP contribution in [0.5, 0.6) is 5.75 Å². The molecule has 4 aromatic rings. The molecule has 8 nitrogen and oxygen atoms in total. The highest BCUT2D eigenvalue weighted by molar-refractivity contribution is 7.22. The fourth-order valence-corrected chi connectivity index (χ4v) is 4.85. The first kappa shape index (κ1) is 22.4. The summed E-state index contributed by atoms with van der Waals surface area (Å²) in [5, 5.41) is 16.1. The van der Waals surface area contributed by atoms with Gasteiger partial charge in [0.1, 0.15) is 5.75 Å². The number of amides is 1. The molecule has 0 bridgehead atoms. The maximum Gasteiger partial charge on any atom is 0.573 e. The molecular weight excluding hydrogens is 471 g/mol. The number of halogens is 3. The average molecular weight is 491 g/mol. The predicted molar refractivity (Wildman–Crippen MR) is 121 cm³/mol. The van der Waals surface area contributed by atoms with Crippen LogP contribution in [0.25, 0.3) is 21.3 Å². The molecule has 5 rings (SSSR count). The van der Waals surface area contributed by atoms with Crippen LogP contribution in [0.4, 0.5) is 24.3 Å². The second kappa shape index (κ2) is 8.76. The molecule has 0 spiro atoms. The van der Waals surface area contributed by atoms with Gasteiger partial charge in [0, 0.05) is 17.7 Å². The van der Waals surface area contributed by atoms with Gasteiger partial charge in [-0.3, -0.25) is 4.79 Å². The molecule has 1 amide bonds. The van der Waals surface area contributed by atoms with Crippen LogP contribution in [0.3, 0.4) is 0 Å². The number of H-pyrrole nitrogens is 1. The predicted octanol–water partition coefficient (Wildman–Crippen LogP) is 4.85. The normalized spacial score (nSPS) is 18.8. The van der Waals surface area contributed by atoms with E-state index < -0.39 is 6.36 Å². The minimum absolute atomic E-state index is 0.0478. The van der Waals surface area contributed by atoms with Crippen molar-refractivity contribution in [3.05, 3.63) is 42.0 Å². The van der Waals surface area contributed by atoms with E-state index in [1.54, 1.807) is 18.2 Å². The van der Waals surface area contributed by atoms with Gasteiger partial charge in [0.05, 0.1) is 27.4 Å². The summed E-state index contributed by atoms with van der Waals surface area (Å²) in [6.45, 7) is 0. The van der Waals surface area contributed by atoms with Gasteiger partial charge in [-0.2, -0.15) is 0 Å². The van der Waals surface area contributed by atoms with Gasteiger partial charge in [-0.25, -0.2) is 9.97 Å². The maximum absolute atomic E-state index is 12.6. The molecule has 12 heteroatoms. The third-order valence-electron chi connectivity index (χ3n) is 5.59. The summed E-state index contributed by atoms with van der Waals surface area (Å²) >= 11 is 1.16. The Bertz CT molecular complexity index is 1340. The number of carbonyl (C=O) groups is 1.